The largest absolute Gasteiger partial charge is 0.573 e. The molecular formula is C8H9F3N2O2. The van der Waals surface area contributed by atoms with E-state index in [0.717, 1.165) is 6.20 Å². The summed E-state index contributed by atoms with van der Waals surface area (Å²) in [5.74, 6) is -0.952. The average Bonchev–Trinajstić information content (AvgIpc) is 2.10. The van der Waals surface area contributed by atoms with Gasteiger partial charge in [0.05, 0.1) is 17.5 Å². The lowest BCUT2D eigenvalue weighted by atomic mass is 10.2. The molecule has 0 unspecified atom stereocenters. The van der Waals surface area contributed by atoms with Crippen molar-refractivity contribution in [2.24, 2.45) is 5.73 Å². The highest BCUT2D eigenvalue weighted by Crippen LogP contribution is 2.33. The number of nitrogens with zero attached hydrogens (tertiary/aromatic N) is 1. The van der Waals surface area contributed by atoms with Gasteiger partial charge in [0.25, 0.3) is 0 Å². The fraction of sp³-hybridized carbons (Fsp3) is 0.375. The number of ether oxygens (including phenoxy) is 1. The Morgan fingerprint density at radius 2 is 2.13 bits per heavy atom. The van der Waals surface area contributed by atoms with Crippen molar-refractivity contribution in [3.63, 3.8) is 0 Å². The van der Waals surface area contributed by atoms with Crippen LogP contribution in [0.1, 0.15) is 11.3 Å². The van der Waals surface area contributed by atoms with Crippen LogP contribution in [0.5, 0.6) is 11.5 Å². The Morgan fingerprint density at radius 3 is 2.60 bits per heavy atom. The van der Waals surface area contributed by atoms with Gasteiger partial charge in [-0.1, -0.05) is 0 Å². The molecular weight excluding hydrogens is 213 g/mol. The summed E-state index contributed by atoms with van der Waals surface area (Å²) in [7, 11) is 0. The zero-order chi connectivity index (χ0) is 11.6. The maximum absolute atomic E-state index is 12.0. The predicted molar refractivity (Wildman–Crippen MR) is 45.2 cm³/mol. The number of aryl methyl sites for hydroxylation is 1. The monoisotopic (exact) mass is 222 g/mol. The second kappa shape index (κ2) is 3.93. The molecule has 0 aromatic carbocycles. The minimum Gasteiger partial charge on any atom is -0.506 e. The molecule has 4 nitrogen and oxygen atoms in total. The van der Waals surface area contributed by atoms with Crippen LogP contribution in [0.25, 0.3) is 0 Å². The number of nitrogens with two attached hydrogens (primary N) is 1. The van der Waals surface area contributed by atoms with Crippen LogP contribution in [-0.4, -0.2) is 16.5 Å². The van der Waals surface area contributed by atoms with E-state index in [2.05, 4.69) is 9.72 Å². The van der Waals surface area contributed by atoms with Crippen molar-refractivity contribution >= 4 is 0 Å². The van der Waals surface area contributed by atoms with E-state index in [1.54, 1.807) is 0 Å². The molecule has 1 aromatic heterocycles. The van der Waals surface area contributed by atoms with Gasteiger partial charge >= 0.3 is 6.36 Å². The minimum atomic E-state index is -4.83. The lowest BCUT2D eigenvalue weighted by molar-refractivity contribution is -0.275. The smallest absolute Gasteiger partial charge is 0.506 e. The molecule has 0 radical (unpaired) electrons. The van der Waals surface area contributed by atoms with E-state index in [9.17, 15) is 18.3 Å². The number of aromatic nitrogens is 1. The number of alkyl halides is 3. The minimum absolute atomic E-state index is 0.0191. The van der Waals surface area contributed by atoms with Crippen molar-refractivity contribution in [2.75, 3.05) is 0 Å². The summed E-state index contributed by atoms with van der Waals surface area (Å²) >= 11 is 0. The third-order valence-corrected chi connectivity index (χ3v) is 1.71. The van der Waals surface area contributed by atoms with Crippen LogP contribution >= 0.6 is 0 Å². The highest BCUT2D eigenvalue weighted by molar-refractivity contribution is 5.44. The van der Waals surface area contributed by atoms with Gasteiger partial charge in [-0.2, -0.15) is 0 Å². The molecule has 0 aliphatic rings. The molecule has 0 atom stereocenters. The average molecular weight is 222 g/mol. The highest BCUT2D eigenvalue weighted by atomic mass is 19.4. The van der Waals surface area contributed by atoms with Crippen molar-refractivity contribution in [1.29, 1.82) is 0 Å². The molecule has 0 saturated carbocycles. The van der Waals surface area contributed by atoms with Crippen LogP contribution < -0.4 is 10.5 Å². The zero-order valence-corrected chi connectivity index (χ0v) is 7.80. The quantitative estimate of drug-likeness (QED) is 0.794. The van der Waals surface area contributed by atoms with E-state index in [0.29, 0.717) is 0 Å². The number of rotatable bonds is 2. The summed E-state index contributed by atoms with van der Waals surface area (Å²) in [5, 5.41) is 9.22. The van der Waals surface area contributed by atoms with E-state index in [1.165, 1.54) is 6.92 Å². The third kappa shape index (κ3) is 2.72. The van der Waals surface area contributed by atoms with Crippen molar-refractivity contribution in [2.45, 2.75) is 19.8 Å². The number of hydrogen-bond donors (Lipinski definition) is 2. The van der Waals surface area contributed by atoms with E-state index in [-0.39, 0.29) is 17.8 Å². The van der Waals surface area contributed by atoms with Gasteiger partial charge in [0.15, 0.2) is 5.75 Å². The van der Waals surface area contributed by atoms with Gasteiger partial charge in [0.1, 0.15) is 5.75 Å². The van der Waals surface area contributed by atoms with Gasteiger partial charge < -0.3 is 15.6 Å². The molecule has 0 amide bonds. The van der Waals surface area contributed by atoms with Gasteiger partial charge in [-0.05, 0) is 6.92 Å². The number of hydrogen-bond acceptors (Lipinski definition) is 4. The summed E-state index contributed by atoms with van der Waals surface area (Å²) in [4.78, 5) is 3.54. The highest BCUT2D eigenvalue weighted by Gasteiger charge is 2.33. The first-order valence-electron chi connectivity index (χ1n) is 3.98. The van der Waals surface area contributed by atoms with Crippen LogP contribution in [0.4, 0.5) is 13.2 Å². The van der Waals surface area contributed by atoms with Crippen LogP contribution in [0, 0.1) is 6.92 Å². The Balaban J connectivity index is 3.20. The first kappa shape index (κ1) is 11.6. The van der Waals surface area contributed by atoms with Gasteiger partial charge in [0, 0.05) is 6.54 Å². The van der Waals surface area contributed by atoms with E-state index in [1.807, 2.05) is 0 Å². The van der Waals surface area contributed by atoms with Crippen molar-refractivity contribution < 1.29 is 23.0 Å². The molecule has 1 rings (SSSR count). The van der Waals surface area contributed by atoms with Gasteiger partial charge in [-0.25, -0.2) is 0 Å². The van der Waals surface area contributed by atoms with Crippen LogP contribution in [-0.2, 0) is 6.54 Å². The summed E-state index contributed by atoms with van der Waals surface area (Å²) in [6.07, 6.45) is -3.80. The Morgan fingerprint density at radius 1 is 1.53 bits per heavy atom. The van der Waals surface area contributed by atoms with Crippen molar-refractivity contribution in [1.82, 2.24) is 4.98 Å². The normalized spacial score (nSPS) is 11.5. The Labute approximate surface area is 83.5 Å². The lowest BCUT2D eigenvalue weighted by Crippen LogP contribution is -2.20. The van der Waals surface area contributed by atoms with Crippen molar-refractivity contribution in [3.05, 3.63) is 17.5 Å². The molecule has 1 aromatic rings. The molecule has 0 saturated heterocycles. The zero-order valence-electron chi connectivity index (χ0n) is 7.80. The summed E-state index contributed by atoms with van der Waals surface area (Å²) < 4.78 is 39.7. The lowest BCUT2D eigenvalue weighted by Gasteiger charge is -2.14. The first-order valence-corrected chi connectivity index (χ1v) is 3.98. The molecule has 15 heavy (non-hydrogen) atoms. The molecule has 84 valence electrons. The SMILES string of the molecule is Cc1ncc(O)c(CN)c1OC(F)(F)F. The number of aromatic hydroxyl groups is 1. The molecule has 3 N–H and O–H groups in total. The molecule has 0 aliphatic heterocycles. The second-order valence-electron chi connectivity index (χ2n) is 2.79. The maximum atomic E-state index is 12.0. The maximum Gasteiger partial charge on any atom is 0.573 e. The summed E-state index contributed by atoms with van der Waals surface area (Å²) in [6, 6.07) is 0. The molecule has 7 heteroatoms. The Bertz CT molecular complexity index is 366. The Kier molecular flexibility index (Phi) is 3.04. The molecule has 0 spiro atoms. The molecule has 0 bridgehead atoms. The standard InChI is InChI=1S/C8H9F3N2O2/c1-4-7(15-8(9,10)11)5(2-12)6(14)3-13-4/h3,14H,2,12H2,1H3. The van der Waals surface area contributed by atoms with E-state index < -0.39 is 17.9 Å². The van der Waals surface area contributed by atoms with Gasteiger partial charge in [-0.3, -0.25) is 4.98 Å². The second-order valence-corrected chi connectivity index (χ2v) is 2.79. The fourth-order valence-corrected chi connectivity index (χ4v) is 1.08. The van der Waals surface area contributed by atoms with E-state index >= 15 is 0 Å². The topological polar surface area (TPSA) is 68.4 Å². The Hall–Kier alpha value is -1.50. The van der Waals surface area contributed by atoms with Crippen LogP contribution in [0.2, 0.25) is 0 Å². The number of pyridine rings is 1. The number of halogens is 3. The molecule has 1 heterocycles. The van der Waals surface area contributed by atoms with Gasteiger partial charge in [0.2, 0.25) is 0 Å². The molecule has 0 fully saturated rings. The first-order chi connectivity index (χ1) is 6.85. The summed E-state index contributed by atoms with van der Waals surface area (Å²) in [5.41, 5.74) is 5.11. The fourth-order valence-electron chi connectivity index (χ4n) is 1.08. The van der Waals surface area contributed by atoms with Gasteiger partial charge in [-0.15, -0.1) is 13.2 Å². The summed E-state index contributed by atoms with van der Waals surface area (Å²) in [6.45, 7) is 1.07. The van der Waals surface area contributed by atoms with Crippen LogP contribution in [0.3, 0.4) is 0 Å². The van der Waals surface area contributed by atoms with Crippen molar-refractivity contribution in [3.8, 4) is 11.5 Å². The van der Waals surface area contributed by atoms with E-state index in [4.69, 9.17) is 5.73 Å². The molecule has 0 aliphatic carbocycles. The third-order valence-electron chi connectivity index (χ3n) is 1.71. The van der Waals surface area contributed by atoms with Crippen LogP contribution in [0.15, 0.2) is 6.20 Å². The predicted octanol–water partition coefficient (Wildman–Crippen LogP) is 1.45.